The van der Waals surface area contributed by atoms with Gasteiger partial charge >= 0.3 is 0 Å². The Kier molecular flexibility index (Phi) is 3.87. The Hall–Kier alpha value is -1.78. The Balaban J connectivity index is 1.45. The summed E-state index contributed by atoms with van der Waals surface area (Å²) < 4.78 is 0. The molecule has 1 aliphatic heterocycles. The lowest BCUT2D eigenvalue weighted by Crippen LogP contribution is -2.20. The van der Waals surface area contributed by atoms with Gasteiger partial charge in [-0.15, -0.1) is 11.3 Å². The summed E-state index contributed by atoms with van der Waals surface area (Å²) in [4.78, 5) is 11.4. The van der Waals surface area contributed by atoms with Crippen LogP contribution < -0.4 is 0 Å². The molecule has 0 spiro atoms. The number of hydrogen-bond acceptors (Lipinski definition) is 4. The number of pyridine rings is 1. The summed E-state index contributed by atoms with van der Waals surface area (Å²) in [5.74, 6) is 0.740. The first-order chi connectivity index (χ1) is 10.9. The Morgan fingerprint density at radius 2 is 2.14 bits per heavy atom. The average Bonchev–Trinajstić information content (AvgIpc) is 3.20. The largest absolute Gasteiger partial charge is 0.297 e. The molecule has 1 aliphatic rings. The van der Waals surface area contributed by atoms with Gasteiger partial charge in [-0.1, -0.05) is 18.2 Å². The van der Waals surface area contributed by atoms with Crippen LogP contribution in [0.25, 0.3) is 10.9 Å². The molecule has 4 rings (SSSR count). The highest BCUT2D eigenvalue weighted by Gasteiger charge is 2.23. The first-order valence-corrected chi connectivity index (χ1v) is 8.75. The van der Waals surface area contributed by atoms with Crippen molar-refractivity contribution in [2.45, 2.75) is 19.4 Å². The third-order valence-corrected chi connectivity index (χ3v) is 5.12. The molecule has 3 aromatic rings. The zero-order valence-electron chi connectivity index (χ0n) is 12.5. The van der Waals surface area contributed by atoms with Gasteiger partial charge in [-0.3, -0.25) is 9.88 Å². The van der Waals surface area contributed by atoms with Crippen molar-refractivity contribution < 1.29 is 0 Å². The average molecular weight is 309 g/mol. The molecule has 0 bridgehead atoms. The molecule has 2 aromatic heterocycles. The molecular weight excluding hydrogens is 290 g/mol. The molecule has 22 heavy (non-hydrogen) atoms. The fraction of sp³-hybridized carbons (Fsp3) is 0.333. The molecule has 0 radical (unpaired) electrons. The first kappa shape index (κ1) is 13.9. The topological polar surface area (TPSA) is 29.0 Å². The highest BCUT2D eigenvalue weighted by Crippen LogP contribution is 2.25. The summed E-state index contributed by atoms with van der Waals surface area (Å²) in [6.07, 6.45) is 4.37. The van der Waals surface area contributed by atoms with E-state index in [0.29, 0.717) is 0 Å². The smallest absolute Gasteiger partial charge is 0.0795 e. The van der Waals surface area contributed by atoms with Crippen LogP contribution in [0.1, 0.15) is 17.7 Å². The number of benzene rings is 1. The number of likely N-dealkylation sites (tertiary alicyclic amines) is 1. The van der Waals surface area contributed by atoms with E-state index in [2.05, 4.69) is 50.6 Å². The first-order valence-electron chi connectivity index (χ1n) is 7.80. The van der Waals surface area contributed by atoms with E-state index >= 15 is 0 Å². The summed E-state index contributed by atoms with van der Waals surface area (Å²) in [5.41, 5.74) is 5.68. The second-order valence-corrected chi connectivity index (χ2v) is 6.78. The maximum Gasteiger partial charge on any atom is 0.0795 e. The van der Waals surface area contributed by atoms with E-state index in [0.717, 1.165) is 24.4 Å². The van der Waals surface area contributed by atoms with Crippen LogP contribution in [0.15, 0.2) is 47.4 Å². The SMILES string of the molecule is c1ccc2c(C[C@@H]3CCN(Cc4cscn4)C3)ccnc2c1. The molecule has 0 saturated carbocycles. The number of hydrogen-bond donors (Lipinski definition) is 0. The van der Waals surface area contributed by atoms with Crippen molar-refractivity contribution in [2.24, 2.45) is 5.92 Å². The van der Waals surface area contributed by atoms with E-state index in [4.69, 9.17) is 0 Å². The van der Waals surface area contributed by atoms with Gasteiger partial charge in [0.25, 0.3) is 0 Å². The standard InChI is InChI=1S/C18H19N3S/c1-2-4-18-17(3-1)15(5-7-19-18)9-14-6-8-21(10-14)11-16-12-22-13-20-16/h1-5,7,12-14H,6,8-11H2/t14-/m0/s1. The van der Waals surface area contributed by atoms with Crippen LogP contribution in [-0.2, 0) is 13.0 Å². The van der Waals surface area contributed by atoms with Crippen LogP contribution in [0.5, 0.6) is 0 Å². The van der Waals surface area contributed by atoms with E-state index in [9.17, 15) is 0 Å². The summed E-state index contributed by atoms with van der Waals surface area (Å²) in [7, 11) is 0. The van der Waals surface area contributed by atoms with Crippen LogP contribution in [0, 0.1) is 5.92 Å². The van der Waals surface area contributed by atoms with Gasteiger partial charge in [0.15, 0.2) is 0 Å². The number of fused-ring (bicyclic) bond motifs is 1. The summed E-state index contributed by atoms with van der Waals surface area (Å²) in [6, 6.07) is 10.6. The van der Waals surface area contributed by atoms with Gasteiger partial charge in [0.1, 0.15) is 0 Å². The number of aromatic nitrogens is 2. The summed E-state index contributed by atoms with van der Waals surface area (Å²) >= 11 is 1.68. The number of thiazole rings is 1. The van der Waals surface area contributed by atoms with Crippen LogP contribution in [-0.4, -0.2) is 28.0 Å². The number of nitrogens with zero attached hydrogens (tertiary/aromatic N) is 3. The molecule has 3 nitrogen and oxygen atoms in total. The Morgan fingerprint density at radius 1 is 1.18 bits per heavy atom. The zero-order valence-corrected chi connectivity index (χ0v) is 13.3. The number of para-hydroxylation sites is 1. The van der Waals surface area contributed by atoms with Gasteiger partial charge < -0.3 is 0 Å². The quantitative estimate of drug-likeness (QED) is 0.735. The van der Waals surface area contributed by atoms with Crippen LogP contribution in [0.2, 0.25) is 0 Å². The molecule has 1 aromatic carbocycles. The Morgan fingerprint density at radius 3 is 3.05 bits per heavy atom. The second-order valence-electron chi connectivity index (χ2n) is 6.06. The van der Waals surface area contributed by atoms with E-state index < -0.39 is 0 Å². The van der Waals surface area contributed by atoms with Crippen LogP contribution >= 0.6 is 11.3 Å². The van der Waals surface area contributed by atoms with Crippen molar-refractivity contribution in [3.8, 4) is 0 Å². The lowest BCUT2D eigenvalue weighted by Gasteiger charge is -2.15. The summed E-state index contributed by atoms with van der Waals surface area (Å²) in [5, 5.41) is 3.46. The van der Waals surface area contributed by atoms with Crippen molar-refractivity contribution in [1.29, 1.82) is 0 Å². The predicted molar refractivity (Wildman–Crippen MR) is 90.9 cm³/mol. The van der Waals surface area contributed by atoms with E-state index in [1.54, 1.807) is 11.3 Å². The second kappa shape index (κ2) is 6.15. The van der Waals surface area contributed by atoms with Gasteiger partial charge in [0.05, 0.1) is 16.7 Å². The normalized spacial score (nSPS) is 19.0. The molecule has 1 saturated heterocycles. The molecule has 0 N–H and O–H groups in total. The summed E-state index contributed by atoms with van der Waals surface area (Å²) in [6.45, 7) is 3.36. The van der Waals surface area contributed by atoms with E-state index in [-0.39, 0.29) is 0 Å². The van der Waals surface area contributed by atoms with Gasteiger partial charge in [0.2, 0.25) is 0 Å². The van der Waals surface area contributed by atoms with Crippen molar-refractivity contribution in [2.75, 3.05) is 13.1 Å². The minimum atomic E-state index is 0.740. The van der Waals surface area contributed by atoms with Gasteiger partial charge in [-0.25, -0.2) is 4.98 Å². The lowest BCUT2D eigenvalue weighted by atomic mass is 9.96. The molecule has 1 fully saturated rings. The maximum absolute atomic E-state index is 4.46. The van der Waals surface area contributed by atoms with Crippen LogP contribution in [0.4, 0.5) is 0 Å². The molecular formula is C18H19N3S. The Labute approximate surface area is 134 Å². The highest BCUT2D eigenvalue weighted by molar-refractivity contribution is 7.07. The third kappa shape index (κ3) is 2.89. The van der Waals surface area contributed by atoms with Crippen molar-refractivity contribution in [3.63, 3.8) is 0 Å². The highest BCUT2D eigenvalue weighted by atomic mass is 32.1. The van der Waals surface area contributed by atoms with E-state index in [1.807, 2.05) is 11.7 Å². The number of rotatable bonds is 4. The molecule has 0 unspecified atom stereocenters. The molecule has 3 heterocycles. The van der Waals surface area contributed by atoms with Crippen molar-refractivity contribution in [1.82, 2.24) is 14.9 Å². The predicted octanol–water partition coefficient (Wildman–Crippen LogP) is 3.76. The monoisotopic (exact) mass is 309 g/mol. The fourth-order valence-electron chi connectivity index (χ4n) is 3.41. The zero-order chi connectivity index (χ0) is 14.8. The van der Waals surface area contributed by atoms with Gasteiger partial charge in [-0.05, 0) is 43.0 Å². The fourth-order valence-corrected chi connectivity index (χ4v) is 3.96. The lowest BCUT2D eigenvalue weighted by molar-refractivity contribution is 0.313. The van der Waals surface area contributed by atoms with Gasteiger partial charge in [0, 0.05) is 30.1 Å². The molecule has 1 atom stereocenters. The minimum Gasteiger partial charge on any atom is -0.297 e. The van der Waals surface area contributed by atoms with Crippen molar-refractivity contribution in [3.05, 3.63) is 58.7 Å². The molecule has 4 heteroatoms. The van der Waals surface area contributed by atoms with Gasteiger partial charge in [-0.2, -0.15) is 0 Å². The third-order valence-electron chi connectivity index (χ3n) is 4.49. The van der Waals surface area contributed by atoms with E-state index in [1.165, 1.54) is 36.2 Å². The van der Waals surface area contributed by atoms with Crippen molar-refractivity contribution >= 4 is 22.2 Å². The Bertz CT molecular complexity index is 749. The molecule has 0 amide bonds. The molecule has 0 aliphatic carbocycles. The molecule has 112 valence electrons. The minimum absolute atomic E-state index is 0.740. The maximum atomic E-state index is 4.46. The van der Waals surface area contributed by atoms with Crippen LogP contribution in [0.3, 0.4) is 0 Å².